The van der Waals surface area contributed by atoms with Crippen LogP contribution in [0.25, 0.3) is 11.0 Å². The lowest BCUT2D eigenvalue weighted by atomic mass is 10.1. The quantitative estimate of drug-likeness (QED) is 0.775. The third kappa shape index (κ3) is 3.30. The van der Waals surface area contributed by atoms with Crippen molar-refractivity contribution < 1.29 is 5.11 Å². The highest BCUT2D eigenvalue weighted by molar-refractivity contribution is 5.78. The molecule has 0 amide bonds. The van der Waals surface area contributed by atoms with Crippen LogP contribution in [-0.4, -0.2) is 21.3 Å². The Morgan fingerprint density at radius 1 is 1.04 bits per heavy atom. The Hall–Kier alpha value is -2.13. The van der Waals surface area contributed by atoms with E-state index in [0.717, 1.165) is 30.7 Å². The van der Waals surface area contributed by atoms with Gasteiger partial charge >= 0.3 is 0 Å². The van der Waals surface area contributed by atoms with Gasteiger partial charge in [0.25, 0.3) is 0 Å². The van der Waals surface area contributed by atoms with Crippen molar-refractivity contribution in [3.63, 3.8) is 0 Å². The molecule has 0 aliphatic heterocycles. The summed E-state index contributed by atoms with van der Waals surface area (Å²) in [6, 6.07) is 13.0. The second-order valence-electron chi connectivity index (χ2n) is 6.36. The van der Waals surface area contributed by atoms with E-state index in [1.807, 2.05) is 0 Å². The number of aromatic nitrogens is 2. The number of rotatable bonds is 5. The minimum atomic E-state index is 0.200. The second kappa shape index (κ2) is 6.55. The van der Waals surface area contributed by atoms with Gasteiger partial charge in [0.05, 0.1) is 11.0 Å². The van der Waals surface area contributed by atoms with Gasteiger partial charge in [0.1, 0.15) is 5.82 Å². The first kappa shape index (κ1) is 15.8. The molecule has 120 valence electrons. The van der Waals surface area contributed by atoms with Crippen LogP contribution >= 0.6 is 0 Å². The molecule has 1 N–H and O–H groups in total. The Labute approximate surface area is 137 Å². The molecular weight excluding hydrogens is 284 g/mol. The van der Waals surface area contributed by atoms with Crippen molar-refractivity contribution in [2.75, 3.05) is 6.61 Å². The van der Waals surface area contributed by atoms with Gasteiger partial charge in [0.15, 0.2) is 0 Å². The summed E-state index contributed by atoms with van der Waals surface area (Å²) in [5, 5.41) is 9.17. The molecule has 3 aromatic rings. The van der Waals surface area contributed by atoms with Gasteiger partial charge in [-0.1, -0.05) is 29.8 Å². The van der Waals surface area contributed by atoms with E-state index >= 15 is 0 Å². The lowest BCUT2D eigenvalue weighted by Gasteiger charge is -2.10. The Morgan fingerprint density at radius 2 is 1.83 bits per heavy atom. The number of aryl methyl sites for hydroxylation is 4. The molecule has 2 aromatic carbocycles. The molecule has 0 saturated carbocycles. The van der Waals surface area contributed by atoms with Crippen LogP contribution < -0.4 is 0 Å². The summed E-state index contributed by atoms with van der Waals surface area (Å²) in [5.41, 5.74) is 7.35. The number of fused-ring (bicyclic) bond motifs is 1. The molecular formula is C20H24N2O. The maximum atomic E-state index is 9.17. The fourth-order valence-electron chi connectivity index (χ4n) is 3.03. The number of hydrogen-bond donors (Lipinski definition) is 1. The van der Waals surface area contributed by atoms with Gasteiger partial charge in [-0.05, 0) is 56.0 Å². The summed E-state index contributed by atoms with van der Waals surface area (Å²) >= 11 is 0. The Bertz CT molecular complexity index is 833. The van der Waals surface area contributed by atoms with Gasteiger partial charge in [0.2, 0.25) is 0 Å². The van der Waals surface area contributed by atoms with Crippen molar-refractivity contribution in [2.24, 2.45) is 0 Å². The van der Waals surface area contributed by atoms with E-state index in [0.29, 0.717) is 0 Å². The van der Waals surface area contributed by atoms with Crippen LogP contribution in [0.3, 0.4) is 0 Å². The maximum Gasteiger partial charge on any atom is 0.110 e. The van der Waals surface area contributed by atoms with Gasteiger partial charge < -0.3 is 9.67 Å². The molecule has 0 unspecified atom stereocenters. The van der Waals surface area contributed by atoms with Crippen molar-refractivity contribution >= 4 is 11.0 Å². The number of imidazole rings is 1. The van der Waals surface area contributed by atoms with Crippen molar-refractivity contribution in [1.29, 1.82) is 0 Å². The minimum absolute atomic E-state index is 0.200. The third-order valence-electron chi connectivity index (χ3n) is 4.42. The fourth-order valence-corrected chi connectivity index (χ4v) is 3.03. The normalized spacial score (nSPS) is 11.3. The Morgan fingerprint density at radius 3 is 2.57 bits per heavy atom. The number of aliphatic hydroxyl groups is 1. The van der Waals surface area contributed by atoms with E-state index in [4.69, 9.17) is 4.98 Å². The Kier molecular flexibility index (Phi) is 4.49. The van der Waals surface area contributed by atoms with Crippen LogP contribution in [-0.2, 0) is 13.0 Å². The first-order chi connectivity index (χ1) is 11.1. The van der Waals surface area contributed by atoms with E-state index in [2.05, 4.69) is 61.7 Å². The van der Waals surface area contributed by atoms with Crippen molar-refractivity contribution in [1.82, 2.24) is 9.55 Å². The topological polar surface area (TPSA) is 38.0 Å². The summed E-state index contributed by atoms with van der Waals surface area (Å²) in [6.07, 6.45) is 1.55. The minimum Gasteiger partial charge on any atom is -0.396 e. The highest BCUT2D eigenvalue weighted by Crippen LogP contribution is 2.23. The SMILES string of the molecule is Cc1cccc(Cn2c(CCCO)nc3cc(C)c(C)cc32)c1. The van der Waals surface area contributed by atoms with Gasteiger partial charge in [-0.15, -0.1) is 0 Å². The fraction of sp³-hybridized carbons (Fsp3) is 0.350. The summed E-state index contributed by atoms with van der Waals surface area (Å²) < 4.78 is 2.30. The molecule has 0 saturated heterocycles. The number of hydrogen-bond acceptors (Lipinski definition) is 2. The van der Waals surface area contributed by atoms with Gasteiger partial charge in [-0.25, -0.2) is 4.98 Å². The standard InChI is InChI=1S/C20H24N2O/c1-14-6-4-7-17(10-14)13-22-19-12-16(3)15(2)11-18(19)21-20(22)8-5-9-23/h4,6-7,10-12,23H,5,8-9,13H2,1-3H3. The molecule has 3 nitrogen and oxygen atoms in total. The van der Waals surface area contributed by atoms with Gasteiger partial charge in [0, 0.05) is 19.6 Å². The maximum absolute atomic E-state index is 9.17. The van der Waals surface area contributed by atoms with E-state index in [1.165, 1.54) is 27.8 Å². The zero-order chi connectivity index (χ0) is 16.4. The van der Waals surface area contributed by atoms with E-state index in [-0.39, 0.29) is 6.61 Å². The van der Waals surface area contributed by atoms with Crippen LogP contribution in [0, 0.1) is 20.8 Å². The zero-order valence-corrected chi connectivity index (χ0v) is 14.1. The predicted molar refractivity (Wildman–Crippen MR) is 94.9 cm³/mol. The number of benzene rings is 2. The molecule has 23 heavy (non-hydrogen) atoms. The highest BCUT2D eigenvalue weighted by atomic mass is 16.2. The van der Waals surface area contributed by atoms with Crippen LogP contribution in [0.2, 0.25) is 0 Å². The first-order valence-corrected chi connectivity index (χ1v) is 8.21. The first-order valence-electron chi connectivity index (χ1n) is 8.21. The largest absolute Gasteiger partial charge is 0.396 e. The van der Waals surface area contributed by atoms with Crippen LogP contribution in [0.1, 0.15) is 34.5 Å². The zero-order valence-electron chi connectivity index (χ0n) is 14.1. The Balaban J connectivity index is 2.09. The lowest BCUT2D eigenvalue weighted by Crippen LogP contribution is -2.06. The predicted octanol–water partition coefficient (Wildman–Crippen LogP) is 3.93. The number of nitrogens with zero attached hydrogens (tertiary/aromatic N) is 2. The molecule has 3 rings (SSSR count). The highest BCUT2D eigenvalue weighted by Gasteiger charge is 2.12. The second-order valence-corrected chi connectivity index (χ2v) is 6.36. The average molecular weight is 308 g/mol. The van der Waals surface area contributed by atoms with Crippen LogP contribution in [0.5, 0.6) is 0 Å². The monoisotopic (exact) mass is 308 g/mol. The van der Waals surface area contributed by atoms with Crippen LogP contribution in [0.15, 0.2) is 36.4 Å². The summed E-state index contributed by atoms with van der Waals surface area (Å²) in [7, 11) is 0. The molecule has 0 fully saturated rings. The summed E-state index contributed by atoms with van der Waals surface area (Å²) in [5.74, 6) is 1.06. The molecule has 0 atom stereocenters. The summed E-state index contributed by atoms with van der Waals surface area (Å²) in [4.78, 5) is 4.82. The number of aliphatic hydroxyl groups excluding tert-OH is 1. The van der Waals surface area contributed by atoms with Gasteiger partial charge in [-0.2, -0.15) is 0 Å². The molecule has 0 radical (unpaired) electrons. The molecule has 1 aromatic heterocycles. The third-order valence-corrected chi connectivity index (χ3v) is 4.42. The lowest BCUT2D eigenvalue weighted by molar-refractivity contribution is 0.287. The summed E-state index contributed by atoms with van der Waals surface area (Å²) in [6.45, 7) is 7.41. The molecule has 3 heteroatoms. The average Bonchev–Trinajstić information content (AvgIpc) is 2.83. The van der Waals surface area contributed by atoms with Crippen molar-refractivity contribution in [3.8, 4) is 0 Å². The van der Waals surface area contributed by atoms with Crippen LogP contribution in [0.4, 0.5) is 0 Å². The van der Waals surface area contributed by atoms with E-state index < -0.39 is 0 Å². The van der Waals surface area contributed by atoms with E-state index in [9.17, 15) is 5.11 Å². The van der Waals surface area contributed by atoms with Gasteiger partial charge in [-0.3, -0.25) is 0 Å². The smallest absolute Gasteiger partial charge is 0.110 e. The van der Waals surface area contributed by atoms with Crippen molar-refractivity contribution in [2.45, 2.75) is 40.2 Å². The van der Waals surface area contributed by atoms with E-state index in [1.54, 1.807) is 0 Å². The molecule has 0 bridgehead atoms. The molecule has 0 aliphatic carbocycles. The molecule has 1 heterocycles. The molecule has 0 aliphatic rings. The molecule has 0 spiro atoms. The van der Waals surface area contributed by atoms with Crippen molar-refractivity contribution in [3.05, 3.63) is 64.5 Å².